The Labute approximate surface area is 91.5 Å². The average molecular weight is 224 g/mol. The number of hydrogen-bond acceptors (Lipinski definition) is 5. The van der Waals surface area contributed by atoms with Crippen molar-refractivity contribution < 1.29 is 14.6 Å². The quantitative estimate of drug-likeness (QED) is 0.723. The Kier molecular flexibility index (Phi) is 2.41. The molecular formula is C10H12N2O4. The number of nitrogens with zero attached hydrogens (tertiary/aromatic N) is 2. The molecule has 6 heteroatoms. The first kappa shape index (κ1) is 10.7. The SMILES string of the molecule is COC(=O)c1nc(C2CC2)n(C)c(=O)c1O. The fourth-order valence-electron chi connectivity index (χ4n) is 1.55. The fourth-order valence-corrected chi connectivity index (χ4v) is 1.55. The fraction of sp³-hybridized carbons (Fsp3) is 0.500. The van der Waals surface area contributed by atoms with Crippen molar-refractivity contribution in [3.05, 3.63) is 21.9 Å². The van der Waals surface area contributed by atoms with Crippen molar-refractivity contribution in [2.45, 2.75) is 18.8 Å². The standard InChI is InChI=1S/C10H12N2O4/c1-12-8(5-3-4-5)11-6(10(15)16-2)7(13)9(12)14/h5,13H,3-4H2,1-2H3. The molecule has 0 atom stereocenters. The van der Waals surface area contributed by atoms with Gasteiger partial charge < -0.3 is 9.84 Å². The molecule has 1 saturated carbocycles. The molecule has 1 aliphatic rings. The maximum Gasteiger partial charge on any atom is 0.360 e. The first-order valence-corrected chi connectivity index (χ1v) is 4.94. The minimum atomic E-state index is -0.794. The molecular weight excluding hydrogens is 212 g/mol. The zero-order valence-electron chi connectivity index (χ0n) is 9.06. The third kappa shape index (κ3) is 1.56. The van der Waals surface area contributed by atoms with Gasteiger partial charge in [0.15, 0.2) is 5.69 Å². The molecule has 0 radical (unpaired) electrons. The van der Waals surface area contributed by atoms with Crippen molar-refractivity contribution in [2.24, 2.45) is 7.05 Å². The molecule has 0 unspecified atom stereocenters. The number of aromatic nitrogens is 2. The van der Waals surface area contributed by atoms with Crippen LogP contribution in [0.4, 0.5) is 0 Å². The molecule has 6 nitrogen and oxygen atoms in total. The van der Waals surface area contributed by atoms with Crippen LogP contribution in [0.25, 0.3) is 0 Å². The Morgan fingerprint density at radius 3 is 2.69 bits per heavy atom. The van der Waals surface area contributed by atoms with Crippen LogP contribution in [0.3, 0.4) is 0 Å². The number of rotatable bonds is 2. The van der Waals surface area contributed by atoms with Crippen LogP contribution in [0, 0.1) is 0 Å². The van der Waals surface area contributed by atoms with E-state index in [-0.39, 0.29) is 11.6 Å². The maximum atomic E-state index is 11.6. The van der Waals surface area contributed by atoms with E-state index in [4.69, 9.17) is 0 Å². The Morgan fingerprint density at radius 2 is 2.19 bits per heavy atom. The van der Waals surface area contributed by atoms with Crippen LogP contribution in [-0.4, -0.2) is 27.7 Å². The van der Waals surface area contributed by atoms with Gasteiger partial charge in [-0.2, -0.15) is 0 Å². The van der Waals surface area contributed by atoms with Crippen molar-refractivity contribution in [3.63, 3.8) is 0 Å². The summed E-state index contributed by atoms with van der Waals surface area (Å²) in [5.41, 5.74) is -0.912. The second-order valence-corrected chi connectivity index (χ2v) is 3.80. The summed E-state index contributed by atoms with van der Waals surface area (Å²) in [7, 11) is 2.71. The molecule has 86 valence electrons. The molecule has 1 aliphatic carbocycles. The number of hydrogen-bond donors (Lipinski definition) is 1. The first-order valence-electron chi connectivity index (χ1n) is 4.94. The molecule has 16 heavy (non-hydrogen) atoms. The van der Waals surface area contributed by atoms with E-state index in [1.165, 1.54) is 18.7 Å². The van der Waals surface area contributed by atoms with E-state index in [1.54, 1.807) is 0 Å². The van der Waals surface area contributed by atoms with Crippen molar-refractivity contribution in [1.29, 1.82) is 0 Å². The van der Waals surface area contributed by atoms with Gasteiger partial charge in [0, 0.05) is 13.0 Å². The van der Waals surface area contributed by atoms with Gasteiger partial charge in [-0.1, -0.05) is 0 Å². The molecule has 2 rings (SSSR count). The van der Waals surface area contributed by atoms with Gasteiger partial charge in [-0.25, -0.2) is 9.78 Å². The second kappa shape index (κ2) is 3.62. The van der Waals surface area contributed by atoms with Gasteiger partial charge in [0.2, 0.25) is 5.75 Å². The van der Waals surface area contributed by atoms with Gasteiger partial charge in [0.25, 0.3) is 5.56 Å². The summed E-state index contributed by atoms with van der Waals surface area (Å²) in [6, 6.07) is 0. The number of carbonyl (C=O) groups is 1. The highest BCUT2D eigenvalue weighted by Gasteiger charge is 2.31. The van der Waals surface area contributed by atoms with Crippen molar-refractivity contribution in [3.8, 4) is 5.75 Å². The summed E-state index contributed by atoms with van der Waals surface area (Å²) in [5.74, 6) is -0.708. The molecule has 1 aromatic heterocycles. The number of aromatic hydroxyl groups is 1. The van der Waals surface area contributed by atoms with E-state index in [0.717, 1.165) is 12.8 Å². The maximum absolute atomic E-state index is 11.6. The lowest BCUT2D eigenvalue weighted by Crippen LogP contribution is -2.25. The third-order valence-electron chi connectivity index (χ3n) is 2.62. The lowest BCUT2D eigenvalue weighted by atomic mass is 10.3. The lowest BCUT2D eigenvalue weighted by Gasteiger charge is -2.09. The van der Waals surface area contributed by atoms with Gasteiger partial charge in [0.05, 0.1) is 7.11 Å². The molecule has 0 saturated heterocycles. The summed E-state index contributed by atoms with van der Waals surface area (Å²) in [6.45, 7) is 0. The summed E-state index contributed by atoms with van der Waals surface area (Å²) < 4.78 is 5.73. The first-order chi connectivity index (χ1) is 7.56. The average Bonchev–Trinajstić information content (AvgIpc) is 3.09. The summed E-state index contributed by atoms with van der Waals surface area (Å²) in [6.07, 6.45) is 1.90. The molecule has 0 aliphatic heterocycles. The highest BCUT2D eigenvalue weighted by Crippen LogP contribution is 2.38. The van der Waals surface area contributed by atoms with Gasteiger partial charge in [-0.05, 0) is 12.8 Å². The molecule has 1 N–H and O–H groups in total. The predicted molar refractivity (Wildman–Crippen MR) is 54.5 cm³/mol. The third-order valence-corrected chi connectivity index (χ3v) is 2.62. The molecule has 0 amide bonds. The van der Waals surface area contributed by atoms with Gasteiger partial charge >= 0.3 is 5.97 Å². The summed E-state index contributed by atoms with van der Waals surface area (Å²) >= 11 is 0. The summed E-state index contributed by atoms with van der Waals surface area (Å²) in [4.78, 5) is 26.9. The normalized spacial score (nSPS) is 14.9. The lowest BCUT2D eigenvalue weighted by molar-refractivity contribution is 0.0589. The minimum Gasteiger partial charge on any atom is -0.501 e. The van der Waals surface area contributed by atoms with E-state index in [0.29, 0.717) is 5.82 Å². The van der Waals surface area contributed by atoms with Crippen LogP contribution in [0.2, 0.25) is 0 Å². The molecule has 1 aromatic rings. The molecule has 0 aromatic carbocycles. The largest absolute Gasteiger partial charge is 0.501 e. The number of esters is 1. The van der Waals surface area contributed by atoms with Crippen LogP contribution in [-0.2, 0) is 11.8 Å². The van der Waals surface area contributed by atoms with Crippen molar-refractivity contribution in [2.75, 3.05) is 7.11 Å². The van der Waals surface area contributed by atoms with Crippen molar-refractivity contribution in [1.82, 2.24) is 9.55 Å². The number of methoxy groups -OCH3 is 1. The van der Waals surface area contributed by atoms with E-state index < -0.39 is 17.3 Å². The smallest absolute Gasteiger partial charge is 0.360 e. The van der Waals surface area contributed by atoms with Crippen molar-refractivity contribution >= 4 is 5.97 Å². The highest BCUT2D eigenvalue weighted by molar-refractivity contribution is 5.89. The molecule has 1 fully saturated rings. The summed E-state index contributed by atoms with van der Waals surface area (Å²) in [5, 5.41) is 9.51. The Balaban J connectivity index is 2.61. The molecule has 1 heterocycles. The van der Waals surface area contributed by atoms with Crippen LogP contribution in [0.1, 0.15) is 35.1 Å². The highest BCUT2D eigenvalue weighted by atomic mass is 16.5. The minimum absolute atomic E-state index is 0.210. The Morgan fingerprint density at radius 1 is 1.56 bits per heavy atom. The molecule has 0 spiro atoms. The van der Waals surface area contributed by atoms with Gasteiger partial charge in [0.1, 0.15) is 5.82 Å². The number of ether oxygens (including phenoxy) is 1. The monoisotopic (exact) mass is 224 g/mol. The Hall–Kier alpha value is -1.85. The zero-order valence-corrected chi connectivity index (χ0v) is 9.06. The van der Waals surface area contributed by atoms with Gasteiger partial charge in [-0.3, -0.25) is 9.36 Å². The van der Waals surface area contributed by atoms with Crippen LogP contribution in [0.15, 0.2) is 4.79 Å². The van der Waals surface area contributed by atoms with Crippen LogP contribution >= 0.6 is 0 Å². The van der Waals surface area contributed by atoms with E-state index in [1.807, 2.05) is 0 Å². The van der Waals surface area contributed by atoms with Gasteiger partial charge in [-0.15, -0.1) is 0 Å². The van der Waals surface area contributed by atoms with E-state index >= 15 is 0 Å². The predicted octanol–water partition coefficient (Wildman–Crippen LogP) is 0.150. The molecule has 0 bridgehead atoms. The number of carbonyl (C=O) groups excluding carboxylic acids is 1. The zero-order chi connectivity index (χ0) is 11.9. The second-order valence-electron chi connectivity index (χ2n) is 3.80. The topological polar surface area (TPSA) is 81.4 Å². The van der Waals surface area contributed by atoms with E-state index in [2.05, 4.69) is 9.72 Å². The van der Waals surface area contributed by atoms with Crippen LogP contribution in [0.5, 0.6) is 5.75 Å². The van der Waals surface area contributed by atoms with E-state index in [9.17, 15) is 14.7 Å². The van der Waals surface area contributed by atoms with Crippen LogP contribution < -0.4 is 5.56 Å². The Bertz CT molecular complexity index is 502.